The SMILES string of the molecule is Cn1cccc1CN(Cc1ccco1)C(=O)COCc1ccccc1. The number of rotatable bonds is 8. The summed E-state index contributed by atoms with van der Waals surface area (Å²) in [5.74, 6) is 0.694. The number of aryl methyl sites for hydroxylation is 1. The standard InChI is InChI=1S/C20H22N2O3/c1-21-11-5-9-18(21)13-22(14-19-10-6-12-25-19)20(23)16-24-15-17-7-3-2-4-8-17/h2-12H,13-16H2,1H3. The van der Waals surface area contributed by atoms with Gasteiger partial charge in [-0.3, -0.25) is 4.79 Å². The Hall–Kier alpha value is -2.79. The molecule has 0 unspecified atom stereocenters. The largest absolute Gasteiger partial charge is 0.467 e. The fourth-order valence-electron chi connectivity index (χ4n) is 2.60. The minimum Gasteiger partial charge on any atom is -0.467 e. The first-order valence-electron chi connectivity index (χ1n) is 8.24. The maximum absolute atomic E-state index is 12.6. The molecule has 25 heavy (non-hydrogen) atoms. The Morgan fingerprint density at radius 3 is 2.60 bits per heavy atom. The van der Waals surface area contributed by atoms with Crippen LogP contribution >= 0.6 is 0 Å². The van der Waals surface area contributed by atoms with E-state index in [1.165, 1.54) is 0 Å². The van der Waals surface area contributed by atoms with Crippen molar-refractivity contribution in [3.05, 3.63) is 84.1 Å². The van der Waals surface area contributed by atoms with Gasteiger partial charge in [-0.05, 0) is 29.8 Å². The molecular weight excluding hydrogens is 316 g/mol. The molecule has 0 saturated carbocycles. The van der Waals surface area contributed by atoms with Crippen LogP contribution in [0.2, 0.25) is 0 Å². The molecule has 2 heterocycles. The van der Waals surface area contributed by atoms with Crippen LogP contribution in [-0.4, -0.2) is 22.0 Å². The minimum absolute atomic E-state index is 0.0417. The lowest BCUT2D eigenvalue weighted by Gasteiger charge is -2.22. The normalized spacial score (nSPS) is 10.8. The van der Waals surface area contributed by atoms with Crippen LogP contribution in [0.1, 0.15) is 17.0 Å². The van der Waals surface area contributed by atoms with Crippen molar-refractivity contribution in [2.45, 2.75) is 19.7 Å². The first-order chi connectivity index (χ1) is 12.2. The molecule has 0 spiro atoms. The van der Waals surface area contributed by atoms with Gasteiger partial charge >= 0.3 is 0 Å². The third kappa shape index (κ3) is 4.84. The number of aromatic nitrogens is 1. The van der Waals surface area contributed by atoms with E-state index in [1.54, 1.807) is 11.2 Å². The lowest BCUT2D eigenvalue weighted by atomic mass is 10.2. The number of benzene rings is 1. The molecule has 5 nitrogen and oxygen atoms in total. The summed E-state index contributed by atoms with van der Waals surface area (Å²) in [6.07, 6.45) is 3.59. The van der Waals surface area contributed by atoms with Crippen molar-refractivity contribution >= 4 is 5.91 Å². The molecule has 1 amide bonds. The Morgan fingerprint density at radius 1 is 1.08 bits per heavy atom. The molecule has 3 rings (SSSR count). The van der Waals surface area contributed by atoms with Crippen molar-refractivity contribution in [1.29, 1.82) is 0 Å². The van der Waals surface area contributed by atoms with Crippen LogP contribution in [0.25, 0.3) is 0 Å². The smallest absolute Gasteiger partial charge is 0.249 e. The molecule has 0 N–H and O–H groups in total. The van der Waals surface area contributed by atoms with Gasteiger partial charge in [-0.25, -0.2) is 0 Å². The average molecular weight is 338 g/mol. The lowest BCUT2D eigenvalue weighted by Crippen LogP contribution is -2.33. The molecule has 3 aromatic rings. The zero-order valence-corrected chi connectivity index (χ0v) is 14.3. The highest BCUT2D eigenvalue weighted by molar-refractivity contribution is 5.77. The van der Waals surface area contributed by atoms with Crippen LogP contribution in [0.15, 0.2) is 71.5 Å². The van der Waals surface area contributed by atoms with Gasteiger partial charge in [-0.1, -0.05) is 30.3 Å². The van der Waals surface area contributed by atoms with Crippen molar-refractivity contribution in [2.75, 3.05) is 6.61 Å². The molecule has 0 fully saturated rings. The number of carbonyl (C=O) groups excluding carboxylic acids is 1. The van der Waals surface area contributed by atoms with E-state index in [1.807, 2.05) is 72.4 Å². The minimum atomic E-state index is -0.0615. The Balaban J connectivity index is 1.61. The number of carbonyl (C=O) groups is 1. The first kappa shape index (κ1) is 17.0. The third-order valence-corrected chi connectivity index (χ3v) is 4.02. The second kappa shape index (κ2) is 8.35. The number of nitrogens with zero attached hydrogens (tertiary/aromatic N) is 2. The molecule has 0 bridgehead atoms. The van der Waals surface area contributed by atoms with Crippen LogP contribution in [0.3, 0.4) is 0 Å². The summed E-state index contributed by atoms with van der Waals surface area (Å²) in [5.41, 5.74) is 2.11. The Morgan fingerprint density at radius 2 is 1.92 bits per heavy atom. The summed E-state index contributed by atoms with van der Waals surface area (Å²) < 4.78 is 13.0. The second-order valence-electron chi connectivity index (χ2n) is 5.92. The van der Waals surface area contributed by atoms with Crippen molar-refractivity contribution in [3.8, 4) is 0 Å². The summed E-state index contributed by atoms with van der Waals surface area (Å²) in [5, 5.41) is 0. The van der Waals surface area contributed by atoms with Gasteiger partial charge in [0.2, 0.25) is 5.91 Å². The van der Waals surface area contributed by atoms with Gasteiger partial charge in [0.1, 0.15) is 12.4 Å². The van der Waals surface area contributed by atoms with Crippen molar-refractivity contribution in [3.63, 3.8) is 0 Å². The maximum Gasteiger partial charge on any atom is 0.249 e. The molecule has 0 aliphatic rings. The fourth-order valence-corrected chi connectivity index (χ4v) is 2.60. The van der Waals surface area contributed by atoms with Crippen LogP contribution in [0.4, 0.5) is 0 Å². The molecule has 1 aromatic carbocycles. The maximum atomic E-state index is 12.6. The molecule has 0 aliphatic heterocycles. The molecule has 0 aliphatic carbocycles. The van der Waals surface area contributed by atoms with E-state index in [-0.39, 0.29) is 12.5 Å². The highest BCUT2D eigenvalue weighted by atomic mass is 16.5. The highest BCUT2D eigenvalue weighted by Crippen LogP contribution is 2.12. The van der Waals surface area contributed by atoms with Crippen molar-refractivity contribution < 1.29 is 13.9 Å². The van der Waals surface area contributed by atoms with Gasteiger partial charge in [0.05, 0.1) is 26.0 Å². The molecule has 2 aromatic heterocycles. The average Bonchev–Trinajstić information content (AvgIpc) is 3.27. The van der Waals surface area contributed by atoms with E-state index in [4.69, 9.17) is 9.15 Å². The summed E-state index contributed by atoms with van der Waals surface area (Å²) in [7, 11) is 1.97. The highest BCUT2D eigenvalue weighted by Gasteiger charge is 2.17. The van der Waals surface area contributed by atoms with Crippen LogP contribution < -0.4 is 0 Å². The van der Waals surface area contributed by atoms with Crippen LogP contribution in [0, 0.1) is 0 Å². The van der Waals surface area contributed by atoms with Gasteiger partial charge in [-0.15, -0.1) is 0 Å². The van der Waals surface area contributed by atoms with Gasteiger partial charge in [0.15, 0.2) is 0 Å². The number of hydrogen-bond donors (Lipinski definition) is 0. The van der Waals surface area contributed by atoms with Gasteiger partial charge in [0.25, 0.3) is 0 Å². The zero-order chi connectivity index (χ0) is 17.5. The number of hydrogen-bond acceptors (Lipinski definition) is 3. The van der Waals surface area contributed by atoms with E-state index < -0.39 is 0 Å². The number of furan rings is 1. The Labute approximate surface area is 147 Å². The van der Waals surface area contributed by atoms with E-state index in [9.17, 15) is 4.79 Å². The number of amides is 1. The summed E-state index contributed by atoms with van der Waals surface area (Å²) in [6.45, 7) is 1.40. The topological polar surface area (TPSA) is 47.6 Å². The lowest BCUT2D eigenvalue weighted by molar-refractivity contribution is -0.138. The monoisotopic (exact) mass is 338 g/mol. The zero-order valence-electron chi connectivity index (χ0n) is 14.3. The van der Waals surface area contributed by atoms with E-state index in [0.717, 1.165) is 17.0 Å². The fraction of sp³-hybridized carbons (Fsp3) is 0.250. The quantitative estimate of drug-likeness (QED) is 0.633. The van der Waals surface area contributed by atoms with Crippen LogP contribution in [-0.2, 0) is 36.3 Å². The molecule has 130 valence electrons. The van der Waals surface area contributed by atoms with Crippen molar-refractivity contribution in [2.24, 2.45) is 7.05 Å². The predicted molar refractivity (Wildman–Crippen MR) is 94.5 cm³/mol. The van der Waals surface area contributed by atoms with Crippen LogP contribution in [0.5, 0.6) is 0 Å². The molecule has 5 heteroatoms. The first-order valence-corrected chi connectivity index (χ1v) is 8.24. The molecule has 0 atom stereocenters. The van der Waals surface area contributed by atoms with E-state index in [2.05, 4.69) is 0 Å². The Bertz CT molecular complexity index is 778. The van der Waals surface area contributed by atoms with Crippen molar-refractivity contribution in [1.82, 2.24) is 9.47 Å². The third-order valence-electron chi connectivity index (χ3n) is 4.02. The summed E-state index contributed by atoms with van der Waals surface area (Å²) in [6, 6.07) is 17.5. The van der Waals surface area contributed by atoms with E-state index in [0.29, 0.717) is 19.7 Å². The van der Waals surface area contributed by atoms with E-state index >= 15 is 0 Å². The summed E-state index contributed by atoms with van der Waals surface area (Å²) in [4.78, 5) is 14.4. The van der Waals surface area contributed by atoms with Gasteiger partial charge in [-0.2, -0.15) is 0 Å². The Kier molecular flexibility index (Phi) is 5.69. The molecular formula is C20H22N2O3. The molecule has 0 radical (unpaired) electrons. The molecule has 0 saturated heterocycles. The van der Waals surface area contributed by atoms with Gasteiger partial charge in [0, 0.05) is 18.9 Å². The predicted octanol–water partition coefficient (Wildman–Crippen LogP) is 3.36. The second-order valence-corrected chi connectivity index (χ2v) is 5.92. The summed E-state index contributed by atoms with van der Waals surface area (Å²) >= 11 is 0. The number of ether oxygens (including phenoxy) is 1. The van der Waals surface area contributed by atoms with Gasteiger partial charge < -0.3 is 18.6 Å².